The Bertz CT molecular complexity index is 1240. The number of amides is 1. The van der Waals surface area contributed by atoms with Crippen LogP contribution in [0.4, 0.5) is 27.6 Å². The lowest BCUT2D eigenvalue weighted by Gasteiger charge is -2.34. The van der Waals surface area contributed by atoms with Crippen molar-refractivity contribution in [2.45, 2.75) is 36.7 Å². The molecule has 0 spiro atoms. The van der Waals surface area contributed by atoms with E-state index in [4.69, 9.17) is 10.5 Å². The van der Waals surface area contributed by atoms with Crippen LogP contribution in [0.2, 0.25) is 0 Å². The minimum absolute atomic E-state index is 0.0223. The highest BCUT2D eigenvalue weighted by atomic mass is 32.2. The third-order valence-corrected chi connectivity index (χ3v) is 7.37. The fourth-order valence-corrected chi connectivity index (χ4v) is 5.91. The number of anilines is 1. The van der Waals surface area contributed by atoms with Crippen LogP contribution >= 0.6 is 11.8 Å². The van der Waals surface area contributed by atoms with Gasteiger partial charge in [0.1, 0.15) is 5.69 Å². The number of thioether (sulfide) groups is 1. The second-order valence-corrected chi connectivity index (χ2v) is 10.2. The van der Waals surface area contributed by atoms with E-state index in [1.807, 2.05) is 0 Å². The number of carbonyl (C=O) groups is 1. The summed E-state index contributed by atoms with van der Waals surface area (Å²) in [5, 5.41) is 2.65. The summed E-state index contributed by atoms with van der Waals surface area (Å²) in [6, 6.07) is 2.09. The smallest absolute Gasteiger partial charge is 0.422 e. The lowest BCUT2D eigenvalue weighted by molar-refractivity contribution is -0.154. The molecule has 3 atom stereocenters. The maximum atomic E-state index is 15.0. The van der Waals surface area contributed by atoms with E-state index < -0.39 is 46.5 Å². The number of rotatable bonds is 7. The Hall–Kier alpha value is -3.00. The molecule has 0 radical (unpaired) electrons. The summed E-state index contributed by atoms with van der Waals surface area (Å²) in [4.78, 5) is 24.8. The maximum Gasteiger partial charge on any atom is 0.422 e. The number of aromatic nitrogens is 2. The van der Waals surface area contributed by atoms with Crippen LogP contribution in [0.5, 0.6) is 5.88 Å². The van der Waals surface area contributed by atoms with Crippen molar-refractivity contribution >= 4 is 28.5 Å². The van der Waals surface area contributed by atoms with Crippen molar-refractivity contribution < 1.29 is 36.2 Å². The number of ether oxygens (including phenoxy) is 2. The van der Waals surface area contributed by atoms with E-state index in [1.54, 1.807) is 14.0 Å². The number of nitrogens with two attached hydrogens (primary N) is 1. The van der Waals surface area contributed by atoms with E-state index >= 15 is 4.39 Å². The number of methoxy groups -OCH3 is 1. The van der Waals surface area contributed by atoms with Gasteiger partial charge in [-0.25, -0.2) is 18.7 Å². The van der Waals surface area contributed by atoms with E-state index in [-0.39, 0.29) is 33.7 Å². The highest BCUT2D eigenvalue weighted by Crippen LogP contribution is 2.66. The average Bonchev–Trinajstić information content (AvgIpc) is 3.49. The Kier molecular flexibility index (Phi) is 6.62. The fraction of sp³-hybridized carbons (Fsp3) is 0.455. The van der Waals surface area contributed by atoms with E-state index in [2.05, 4.69) is 25.0 Å². The van der Waals surface area contributed by atoms with Gasteiger partial charge in [0.15, 0.2) is 23.4 Å². The first-order chi connectivity index (χ1) is 16.8. The Morgan fingerprint density at radius 3 is 2.69 bits per heavy atom. The SMILES string of the molecule is COC[C@]12C[C@H]1[C@](C)(c1cc(NC(=O)c3ncc(OCC(F)(F)F)nc3C)cc(F)c1F)N=C(N)S2. The first-order valence-electron chi connectivity index (χ1n) is 10.7. The van der Waals surface area contributed by atoms with Crippen LogP contribution in [0, 0.1) is 24.5 Å². The standard InChI is InChI=1S/C22H22F5N5O3S/c1-10-17(29-7-15(30-10)35-9-22(25,26)27)18(33)31-11-4-12(16(24)13(23)5-11)20(2)14-6-21(14,8-34-3)36-19(28)32-20/h4-5,7,14H,6,8-9H2,1-3H3,(H2,28,32)(H,31,33)/t14-,20-,21+/m0/s1. The molecule has 1 aliphatic carbocycles. The summed E-state index contributed by atoms with van der Waals surface area (Å²) in [5.41, 5.74) is 4.41. The molecule has 14 heteroatoms. The second-order valence-electron chi connectivity index (χ2n) is 8.77. The van der Waals surface area contributed by atoms with E-state index in [0.29, 0.717) is 13.0 Å². The molecule has 2 heterocycles. The molecule has 0 unspecified atom stereocenters. The summed E-state index contributed by atoms with van der Waals surface area (Å²) in [6.45, 7) is 1.79. The quantitative estimate of drug-likeness (QED) is 0.521. The third-order valence-electron chi connectivity index (χ3n) is 6.10. The molecule has 194 valence electrons. The molecule has 1 saturated carbocycles. The number of hydrogen-bond donors (Lipinski definition) is 2. The summed E-state index contributed by atoms with van der Waals surface area (Å²) < 4.78 is 76.1. The first-order valence-corrected chi connectivity index (χ1v) is 11.5. The molecule has 0 saturated heterocycles. The molecule has 1 fully saturated rings. The number of benzene rings is 1. The number of hydrogen-bond acceptors (Lipinski definition) is 8. The number of aliphatic imine (C=N–C) groups is 1. The average molecular weight is 532 g/mol. The number of nitrogens with zero attached hydrogens (tertiary/aromatic N) is 3. The number of amidine groups is 1. The molecule has 3 N–H and O–H groups in total. The Morgan fingerprint density at radius 2 is 2.06 bits per heavy atom. The molecule has 4 rings (SSSR count). The van der Waals surface area contributed by atoms with Crippen LogP contribution in [0.1, 0.15) is 35.1 Å². The van der Waals surface area contributed by atoms with Crippen molar-refractivity contribution in [1.82, 2.24) is 9.97 Å². The van der Waals surface area contributed by atoms with Gasteiger partial charge in [0.05, 0.1) is 28.8 Å². The molecule has 1 aromatic carbocycles. The molecule has 2 aliphatic rings. The van der Waals surface area contributed by atoms with Crippen molar-refractivity contribution in [3.05, 3.63) is 46.9 Å². The van der Waals surface area contributed by atoms with E-state index in [0.717, 1.165) is 12.3 Å². The van der Waals surface area contributed by atoms with Gasteiger partial charge in [-0.1, -0.05) is 11.8 Å². The highest BCUT2D eigenvalue weighted by molar-refractivity contribution is 8.15. The fourth-order valence-electron chi connectivity index (χ4n) is 4.46. The van der Waals surface area contributed by atoms with Crippen molar-refractivity contribution in [2.24, 2.45) is 16.6 Å². The Balaban J connectivity index is 1.60. The molecule has 36 heavy (non-hydrogen) atoms. The third kappa shape index (κ3) is 4.96. The van der Waals surface area contributed by atoms with Crippen LogP contribution in [0.25, 0.3) is 0 Å². The Morgan fingerprint density at radius 1 is 1.33 bits per heavy atom. The van der Waals surface area contributed by atoms with Gasteiger partial charge in [0, 0.05) is 30.3 Å². The molecule has 0 bridgehead atoms. The number of halogens is 5. The van der Waals surface area contributed by atoms with Crippen LogP contribution in [0.15, 0.2) is 23.3 Å². The number of aryl methyl sites for hydroxylation is 1. The summed E-state index contributed by atoms with van der Waals surface area (Å²) in [7, 11) is 1.54. The maximum absolute atomic E-state index is 15.0. The summed E-state index contributed by atoms with van der Waals surface area (Å²) in [5.74, 6) is -3.74. The largest absolute Gasteiger partial charge is 0.467 e. The molecular weight excluding hydrogens is 509 g/mol. The highest BCUT2D eigenvalue weighted by Gasteiger charge is 2.66. The second kappa shape index (κ2) is 9.14. The monoisotopic (exact) mass is 531 g/mol. The van der Waals surface area contributed by atoms with Gasteiger partial charge in [-0.3, -0.25) is 9.79 Å². The van der Waals surface area contributed by atoms with Gasteiger partial charge in [0.2, 0.25) is 5.88 Å². The summed E-state index contributed by atoms with van der Waals surface area (Å²) >= 11 is 1.34. The van der Waals surface area contributed by atoms with Crippen molar-refractivity contribution in [3.63, 3.8) is 0 Å². The molecule has 8 nitrogen and oxygen atoms in total. The van der Waals surface area contributed by atoms with Crippen molar-refractivity contribution in [3.8, 4) is 5.88 Å². The zero-order chi connectivity index (χ0) is 26.5. The van der Waals surface area contributed by atoms with Crippen LogP contribution < -0.4 is 15.8 Å². The number of nitrogens with one attached hydrogen (secondary N) is 1. The molecule has 2 aromatic rings. The normalized spacial score (nSPS) is 25.1. The zero-order valence-corrected chi connectivity index (χ0v) is 20.2. The topological polar surface area (TPSA) is 112 Å². The van der Waals surface area contributed by atoms with Crippen LogP contribution in [0.3, 0.4) is 0 Å². The van der Waals surface area contributed by atoms with Gasteiger partial charge < -0.3 is 20.5 Å². The first kappa shape index (κ1) is 26.1. The van der Waals surface area contributed by atoms with Gasteiger partial charge in [-0.05, 0) is 26.3 Å². The molecular formula is C22H22F5N5O3S. The minimum atomic E-state index is -4.57. The lowest BCUT2D eigenvalue weighted by atomic mass is 9.85. The van der Waals surface area contributed by atoms with E-state index in [1.165, 1.54) is 24.8 Å². The van der Waals surface area contributed by atoms with Gasteiger partial charge in [-0.15, -0.1) is 0 Å². The predicted octanol–water partition coefficient (Wildman–Crippen LogP) is 3.94. The van der Waals surface area contributed by atoms with Gasteiger partial charge in [0.25, 0.3) is 5.91 Å². The van der Waals surface area contributed by atoms with Crippen LogP contribution in [-0.4, -0.2) is 52.3 Å². The summed E-state index contributed by atoms with van der Waals surface area (Å²) in [6.07, 6.45) is -3.07. The molecule has 1 aliphatic heterocycles. The number of fused-ring (bicyclic) bond motifs is 1. The molecule has 1 amide bonds. The van der Waals surface area contributed by atoms with Crippen molar-refractivity contribution in [1.29, 1.82) is 0 Å². The van der Waals surface area contributed by atoms with Crippen LogP contribution in [-0.2, 0) is 10.3 Å². The minimum Gasteiger partial charge on any atom is -0.467 e. The van der Waals surface area contributed by atoms with Gasteiger partial charge >= 0.3 is 6.18 Å². The zero-order valence-electron chi connectivity index (χ0n) is 19.4. The predicted molar refractivity (Wildman–Crippen MR) is 122 cm³/mol. The van der Waals surface area contributed by atoms with Crippen molar-refractivity contribution in [2.75, 3.05) is 25.6 Å². The number of alkyl halides is 3. The van der Waals surface area contributed by atoms with Gasteiger partial charge in [-0.2, -0.15) is 13.2 Å². The van der Waals surface area contributed by atoms with E-state index in [9.17, 15) is 22.4 Å². The lowest BCUT2D eigenvalue weighted by Crippen LogP contribution is -2.38. The number of carbonyl (C=O) groups excluding carboxylic acids is 1. The molecule has 1 aromatic heterocycles. The Labute approximate surface area is 206 Å².